The van der Waals surface area contributed by atoms with Crippen molar-refractivity contribution in [1.29, 1.82) is 0 Å². The molecule has 0 amide bonds. The van der Waals surface area contributed by atoms with E-state index in [1.54, 1.807) is 26.0 Å². The predicted molar refractivity (Wildman–Crippen MR) is 159 cm³/mol. The molecule has 0 aromatic heterocycles. The Hall–Kier alpha value is -2.84. The van der Waals surface area contributed by atoms with Gasteiger partial charge >= 0.3 is 5.97 Å². The highest BCUT2D eigenvalue weighted by Gasteiger charge is 2.71. The third-order valence-corrected chi connectivity index (χ3v) is 11.9. The number of rotatable bonds is 4. The molecule has 0 spiro atoms. The van der Waals surface area contributed by atoms with Gasteiger partial charge in [0.1, 0.15) is 11.9 Å². The van der Waals surface area contributed by atoms with Gasteiger partial charge in [-0.25, -0.2) is 4.79 Å². The molecule has 0 aromatic carbocycles. The number of aliphatic hydroxyl groups is 2. The van der Waals surface area contributed by atoms with E-state index in [4.69, 9.17) is 9.47 Å². The summed E-state index contributed by atoms with van der Waals surface area (Å²) in [5.41, 5.74) is -2.99. The number of hydrogen-bond donors (Lipinski definition) is 2. The van der Waals surface area contributed by atoms with Crippen molar-refractivity contribution in [2.24, 2.45) is 39.4 Å². The molecule has 8 heteroatoms. The first kappa shape index (κ1) is 31.6. The van der Waals surface area contributed by atoms with Crippen molar-refractivity contribution in [3.8, 4) is 0 Å². The topological polar surface area (TPSA) is 127 Å². The van der Waals surface area contributed by atoms with Crippen molar-refractivity contribution < 1.29 is 38.9 Å². The first-order valence-corrected chi connectivity index (χ1v) is 15.4. The van der Waals surface area contributed by atoms with E-state index < -0.39 is 69.2 Å². The normalized spacial score (nSPS) is 42.3. The summed E-state index contributed by atoms with van der Waals surface area (Å²) in [5, 5.41) is 21.4. The van der Waals surface area contributed by atoms with E-state index in [1.807, 2.05) is 33.8 Å². The van der Waals surface area contributed by atoms with E-state index in [0.717, 1.165) is 5.57 Å². The van der Waals surface area contributed by atoms with Crippen LogP contribution in [-0.2, 0) is 28.7 Å². The maximum absolute atomic E-state index is 14.5. The van der Waals surface area contributed by atoms with Gasteiger partial charge in [0.25, 0.3) is 0 Å². The third-order valence-electron chi connectivity index (χ3n) is 11.9. The van der Waals surface area contributed by atoms with Gasteiger partial charge in [-0.1, -0.05) is 51.5 Å². The molecule has 1 aliphatic heterocycles. The summed E-state index contributed by atoms with van der Waals surface area (Å²) in [6.45, 7) is 16.3. The largest absolute Gasteiger partial charge is 0.491 e. The summed E-state index contributed by atoms with van der Waals surface area (Å²) in [6.07, 6.45) is 6.31. The lowest BCUT2D eigenvalue weighted by molar-refractivity contribution is -0.186. The molecule has 234 valence electrons. The van der Waals surface area contributed by atoms with Crippen LogP contribution in [0.3, 0.4) is 0 Å². The molecule has 8 nitrogen and oxygen atoms in total. The van der Waals surface area contributed by atoms with Gasteiger partial charge in [0.05, 0.1) is 17.3 Å². The smallest absolute Gasteiger partial charge is 0.333 e. The zero-order valence-corrected chi connectivity index (χ0v) is 26.8. The lowest BCUT2D eigenvalue weighted by Gasteiger charge is -2.65. The Balaban J connectivity index is 1.65. The van der Waals surface area contributed by atoms with E-state index in [2.05, 4.69) is 13.0 Å². The fourth-order valence-corrected chi connectivity index (χ4v) is 9.45. The van der Waals surface area contributed by atoms with E-state index in [-0.39, 0.29) is 23.9 Å². The molecular weight excluding hydrogens is 548 g/mol. The lowest BCUT2D eigenvalue weighted by Crippen LogP contribution is -2.66. The number of esters is 1. The average molecular weight is 595 g/mol. The SMILES string of the molecule is C/C=C(\C)C(=O)O[C@@H]1C[C@]2(C)C(=CC[C@H]2C2=CO[C@@H](C(C)(C)O)[C@H](O)C2=O)[C@]2(C)C(=O)C[C@H]3C(C)(C)C(=O)C=C[C@]3(C)[C@@H]12. The highest BCUT2D eigenvalue weighted by molar-refractivity contribution is 6.01. The number of ether oxygens (including phenoxy) is 2. The van der Waals surface area contributed by atoms with Gasteiger partial charge in [-0.05, 0) is 64.9 Å². The zero-order chi connectivity index (χ0) is 32.1. The van der Waals surface area contributed by atoms with E-state index in [0.29, 0.717) is 24.0 Å². The molecule has 2 fully saturated rings. The second-order valence-corrected chi connectivity index (χ2v) is 15.2. The summed E-state index contributed by atoms with van der Waals surface area (Å²) >= 11 is 0. The molecule has 5 aliphatic rings. The van der Waals surface area contributed by atoms with Crippen LogP contribution in [0.4, 0.5) is 0 Å². The molecule has 0 unspecified atom stereocenters. The Morgan fingerprint density at radius 2 is 1.79 bits per heavy atom. The quantitative estimate of drug-likeness (QED) is 0.275. The molecule has 9 atom stereocenters. The summed E-state index contributed by atoms with van der Waals surface area (Å²) in [4.78, 5) is 54.5. The van der Waals surface area contributed by atoms with Crippen molar-refractivity contribution in [3.05, 3.63) is 47.3 Å². The van der Waals surface area contributed by atoms with Crippen LogP contribution in [0.1, 0.15) is 81.6 Å². The first-order chi connectivity index (χ1) is 19.8. The molecule has 0 saturated heterocycles. The molecule has 2 N–H and O–H groups in total. The van der Waals surface area contributed by atoms with Gasteiger partial charge in [0.2, 0.25) is 0 Å². The Bertz CT molecular complexity index is 1400. The Morgan fingerprint density at radius 3 is 2.40 bits per heavy atom. The average Bonchev–Trinajstić information content (AvgIpc) is 3.26. The Kier molecular flexibility index (Phi) is 7.22. The number of ketones is 3. The van der Waals surface area contributed by atoms with E-state index >= 15 is 0 Å². The van der Waals surface area contributed by atoms with Crippen molar-refractivity contribution in [2.75, 3.05) is 0 Å². The van der Waals surface area contributed by atoms with Gasteiger partial charge in [-0.15, -0.1) is 0 Å². The van der Waals surface area contributed by atoms with Crippen molar-refractivity contribution in [3.63, 3.8) is 0 Å². The molecule has 5 rings (SSSR count). The van der Waals surface area contributed by atoms with Gasteiger partial charge in [-0.3, -0.25) is 14.4 Å². The third kappa shape index (κ3) is 4.30. The molecule has 1 heterocycles. The van der Waals surface area contributed by atoms with Gasteiger partial charge in [-0.2, -0.15) is 0 Å². The number of allylic oxidation sites excluding steroid dienone is 5. The predicted octanol–water partition coefficient (Wildman–Crippen LogP) is 4.59. The molecule has 0 aromatic rings. The summed E-state index contributed by atoms with van der Waals surface area (Å²) in [7, 11) is 0. The zero-order valence-electron chi connectivity index (χ0n) is 26.8. The van der Waals surface area contributed by atoms with Crippen LogP contribution >= 0.6 is 0 Å². The minimum atomic E-state index is -1.55. The number of carbonyl (C=O) groups is 4. The number of carbonyl (C=O) groups excluding carboxylic acids is 4. The van der Waals surface area contributed by atoms with Crippen LogP contribution in [0.25, 0.3) is 0 Å². The van der Waals surface area contributed by atoms with Crippen LogP contribution in [-0.4, -0.2) is 57.4 Å². The number of Topliss-reactive ketones (excluding diaryl/α,β-unsaturated/α-hetero) is 2. The van der Waals surface area contributed by atoms with Crippen LogP contribution in [0, 0.1) is 39.4 Å². The lowest BCUT2D eigenvalue weighted by atomic mass is 9.38. The Morgan fingerprint density at radius 1 is 1.14 bits per heavy atom. The standard InChI is InChI=1S/C35H46O8/c1-10-18(2)30(40)43-21-16-34(8)20(19-17-42-29(32(5,6)41)27(39)26(19)38)11-12-22(34)35(9)25(37)15-23-31(3,4)24(36)13-14-33(23,7)28(21)35/h10,12-14,17,20-21,23,27-29,39,41H,11,15-16H2,1-9H3/b18-10+/t20-,21+,23-,27+,28+,29+,33-,34-,35+/m0/s1. The number of hydrogen-bond acceptors (Lipinski definition) is 8. The Labute approximate surface area is 254 Å². The highest BCUT2D eigenvalue weighted by Crippen LogP contribution is 2.71. The van der Waals surface area contributed by atoms with Crippen LogP contribution in [0.15, 0.2) is 47.3 Å². The van der Waals surface area contributed by atoms with Gasteiger partial charge in [0.15, 0.2) is 23.8 Å². The fourth-order valence-electron chi connectivity index (χ4n) is 9.45. The summed E-state index contributed by atoms with van der Waals surface area (Å²) in [5.74, 6) is -2.15. The molecule has 43 heavy (non-hydrogen) atoms. The van der Waals surface area contributed by atoms with Gasteiger partial charge < -0.3 is 19.7 Å². The van der Waals surface area contributed by atoms with Crippen LogP contribution in [0.2, 0.25) is 0 Å². The maximum Gasteiger partial charge on any atom is 0.333 e. The fraction of sp³-hybridized carbons (Fsp3) is 0.657. The second kappa shape index (κ2) is 9.83. The minimum Gasteiger partial charge on any atom is -0.491 e. The van der Waals surface area contributed by atoms with Crippen LogP contribution < -0.4 is 0 Å². The van der Waals surface area contributed by atoms with E-state index in [1.165, 1.54) is 20.1 Å². The van der Waals surface area contributed by atoms with Crippen molar-refractivity contribution >= 4 is 23.3 Å². The van der Waals surface area contributed by atoms with Gasteiger partial charge in [0, 0.05) is 40.2 Å². The highest BCUT2D eigenvalue weighted by atomic mass is 16.5. The number of fused-ring (bicyclic) bond motifs is 5. The monoisotopic (exact) mass is 594 g/mol. The van der Waals surface area contributed by atoms with Crippen molar-refractivity contribution in [1.82, 2.24) is 0 Å². The molecule has 0 bridgehead atoms. The summed E-state index contributed by atoms with van der Waals surface area (Å²) in [6, 6.07) is 0. The molecular formula is C35H46O8. The van der Waals surface area contributed by atoms with E-state index in [9.17, 15) is 29.4 Å². The first-order valence-electron chi connectivity index (χ1n) is 15.4. The van der Waals surface area contributed by atoms with Crippen LogP contribution in [0.5, 0.6) is 0 Å². The molecule has 0 radical (unpaired) electrons. The molecule has 4 aliphatic carbocycles. The maximum atomic E-state index is 14.5. The van der Waals surface area contributed by atoms with Crippen molar-refractivity contribution in [2.45, 2.75) is 105 Å². The summed E-state index contributed by atoms with van der Waals surface area (Å²) < 4.78 is 12.1. The second-order valence-electron chi connectivity index (χ2n) is 15.2. The number of aliphatic hydroxyl groups excluding tert-OH is 1. The molecule has 2 saturated carbocycles. The minimum absolute atomic E-state index is 0.000101.